The molecule has 1 heterocycles. The van der Waals surface area contributed by atoms with Crippen LogP contribution in [-0.2, 0) is 11.2 Å². The van der Waals surface area contributed by atoms with E-state index in [9.17, 15) is 10.1 Å². The molecule has 0 aliphatic heterocycles. The summed E-state index contributed by atoms with van der Waals surface area (Å²) >= 11 is 1.30. The second kappa shape index (κ2) is 12.5. The maximum absolute atomic E-state index is 12.6. The average molecular weight is 493 g/mol. The molecule has 0 radical (unpaired) electrons. The molecular formula is C26H28N4O4S. The van der Waals surface area contributed by atoms with E-state index in [0.717, 1.165) is 22.7 Å². The first kappa shape index (κ1) is 25.7. The largest absolute Gasteiger partial charge is 0.493 e. The predicted molar refractivity (Wildman–Crippen MR) is 136 cm³/mol. The lowest BCUT2D eigenvalue weighted by atomic mass is 10.1. The summed E-state index contributed by atoms with van der Waals surface area (Å²) in [4.78, 5) is 12.6. The maximum Gasteiger partial charge on any atom is 0.268 e. The van der Waals surface area contributed by atoms with Gasteiger partial charge in [0.25, 0.3) is 5.91 Å². The van der Waals surface area contributed by atoms with Gasteiger partial charge >= 0.3 is 0 Å². The van der Waals surface area contributed by atoms with Crippen LogP contribution >= 0.6 is 11.3 Å². The normalized spacial score (nSPS) is 11.1. The Morgan fingerprint density at radius 3 is 2.66 bits per heavy atom. The van der Waals surface area contributed by atoms with Gasteiger partial charge in [-0.3, -0.25) is 10.1 Å². The van der Waals surface area contributed by atoms with Gasteiger partial charge in [0.2, 0.25) is 5.13 Å². The zero-order valence-corrected chi connectivity index (χ0v) is 21.0. The van der Waals surface area contributed by atoms with E-state index in [1.54, 1.807) is 18.2 Å². The van der Waals surface area contributed by atoms with Crippen LogP contribution in [0.25, 0.3) is 6.08 Å². The van der Waals surface area contributed by atoms with E-state index in [0.29, 0.717) is 41.3 Å². The summed E-state index contributed by atoms with van der Waals surface area (Å²) in [6, 6.07) is 14.9. The van der Waals surface area contributed by atoms with Gasteiger partial charge in [-0.25, -0.2) is 0 Å². The second-order valence-corrected chi connectivity index (χ2v) is 9.21. The monoisotopic (exact) mass is 492 g/mol. The molecule has 0 aliphatic rings. The van der Waals surface area contributed by atoms with E-state index in [1.165, 1.54) is 24.5 Å². The third kappa shape index (κ3) is 7.83. The highest BCUT2D eigenvalue weighted by atomic mass is 32.1. The van der Waals surface area contributed by atoms with Crippen LogP contribution in [0.4, 0.5) is 5.13 Å². The van der Waals surface area contributed by atoms with E-state index >= 15 is 0 Å². The number of aryl methyl sites for hydroxylation is 1. The molecule has 1 aromatic heterocycles. The van der Waals surface area contributed by atoms with Gasteiger partial charge in [-0.1, -0.05) is 43.4 Å². The van der Waals surface area contributed by atoms with Crippen molar-refractivity contribution in [1.82, 2.24) is 10.2 Å². The number of hydrogen-bond donors (Lipinski definition) is 1. The first-order valence-electron chi connectivity index (χ1n) is 11.1. The third-order valence-corrected chi connectivity index (χ3v) is 5.59. The standard InChI is InChI=1S/C26H28N4O4S/c1-17(2)12-24-29-30-26(35-24)28-25(31)20(16-27)14-19-8-9-22(23(15-19)32-4)34-11-10-33-21-7-5-6-18(3)13-21/h5-9,13-15,17H,10-12H2,1-4H3,(H,28,30,31)/b20-14-. The highest BCUT2D eigenvalue weighted by Gasteiger charge is 2.14. The van der Waals surface area contributed by atoms with Gasteiger partial charge in [0, 0.05) is 6.42 Å². The summed E-state index contributed by atoms with van der Waals surface area (Å²) in [5.41, 5.74) is 1.68. The van der Waals surface area contributed by atoms with Crippen molar-refractivity contribution in [3.05, 3.63) is 64.2 Å². The fraction of sp³-hybridized carbons (Fsp3) is 0.308. The number of methoxy groups -OCH3 is 1. The molecule has 0 saturated heterocycles. The molecule has 3 aromatic rings. The minimum atomic E-state index is -0.549. The van der Waals surface area contributed by atoms with Crippen molar-refractivity contribution in [3.63, 3.8) is 0 Å². The second-order valence-electron chi connectivity index (χ2n) is 8.15. The smallest absolute Gasteiger partial charge is 0.268 e. The molecule has 0 atom stereocenters. The molecule has 0 spiro atoms. The number of ether oxygens (including phenoxy) is 3. The topological polar surface area (TPSA) is 106 Å². The Labute approximate surface area is 209 Å². The number of amides is 1. The molecule has 3 rings (SSSR count). The third-order valence-electron chi connectivity index (χ3n) is 4.73. The van der Waals surface area contributed by atoms with E-state index in [2.05, 4.69) is 29.4 Å². The Morgan fingerprint density at radius 1 is 1.14 bits per heavy atom. The highest BCUT2D eigenvalue weighted by molar-refractivity contribution is 7.15. The van der Waals surface area contributed by atoms with Crippen LogP contribution in [0.15, 0.2) is 48.0 Å². The maximum atomic E-state index is 12.6. The molecule has 8 nitrogen and oxygen atoms in total. The zero-order chi connectivity index (χ0) is 25.2. The molecule has 1 amide bonds. The van der Waals surface area contributed by atoms with Crippen LogP contribution in [0.3, 0.4) is 0 Å². The molecule has 182 valence electrons. The number of rotatable bonds is 11. The fourth-order valence-corrected chi connectivity index (χ4v) is 4.07. The van der Waals surface area contributed by atoms with Crippen molar-refractivity contribution in [1.29, 1.82) is 5.26 Å². The van der Waals surface area contributed by atoms with Crippen LogP contribution in [-0.4, -0.2) is 36.4 Å². The minimum absolute atomic E-state index is 0.0621. The lowest BCUT2D eigenvalue weighted by molar-refractivity contribution is -0.112. The average Bonchev–Trinajstić information content (AvgIpc) is 3.26. The summed E-state index contributed by atoms with van der Waals surface area (Å²) < 4.78 is 16.9. The lowest BCUT2D eigenvalue weighted by Gasteiger charge is -2.12. The summed E-state index contributed by atoms with van der Waals surface area (Å²) in [5.74, 6) is 1.69. The van der Waals surface area contributed by atoms with Crippen LogP contribution in [0.1, 0.15) is 30.0 Å². The fourth-order valence-electron chi connectivity index (χ4n) is 3.13. The molecule has 1 N–H and O–H groups in total. The summed E-state index contributed by atoms with van der Waals surface area (Å²) in [6.07, 6.45) is 2.26. The molecular weight excluding hydrogens is 464 g/mol. The number of anilines is 1. The van der Waals surface area contributed by atoms with Gasteiger partial charge in [-0.05, 0) is 54.3 Å². The molecule has 2 aromatic carbocycles. The van der Waals surface area contributed by atoms with Crippen LogP contribution in [0.2, 0.25) is 0 Å². The number of hydrogen-bond acceptors (Lipinski definition) is 8. The number of nitriles is 1. The van der Waals surface area contributed by atoms with E-state index in [-0.39, 0.29) is 5.57 Å². The van der Waals surface area contributed by atoms with Crippen molar-refractivity contribution in [2.75, 3.05) is 25.6 Å². The molecule has 0 aliphatic carbocycles. The molecule has 0 bridgehead atoms. The first-order chi connectivity index (χ1) is 16.9. The first-order valence-corrected chi connectivity index (χ1v) is 12.0. The minimum Gasteiger partial charge on any atom is -0.493 e. The Bertz CT molecular complexity index is 1230. The van der Waals surface area contributed by atoms with Crippen LogP contribution in [0, 0.1) is 24.2 Å². The van der Waals surface area contributed by atoms with Gasteiger partial charge in [-0.2, -0.15) is 5.26 Å². The lowest BCUT2D eigenvalue weighted by Crippen LogP contribution is -2.13. The number of carbonyl (C=O) groups excluding carboxylic acids is 1. The van der Waals surface area contributed by atoms with Gasteiger partial charge in [0.15, 0.2) is 11.5 Å². The number of benzene rings is 2. The number of carbonyl (C=O) groups is 1. The summed E-state index contributed by atoms with van der Waals surface area (Å²) in [5, 5.41) is 21.4. The molecule has 0 unspecified atom stereocenters. The number of aromatic nitrogens is 2. The van der Waals surface area contributed by atoms with Crippen molar-refractivity contribution in [2.24, 2.45) is 5.92 Å². The van der Waals surface area contributed by atoms with Crippen molar-refractivity contribution in [3.8, 4) is 23.3 Å². The molecule has 9 heteroatoms. The van der Waals surface area contributed by atoms with Crippen LogP contribution in [0.5, 0.6) is 17.2 Å². The Morgan fingerprint density at radius 2 is 1.94 bits per heavy atom. The van der Waals surface area contributed by atoms with Crippen LogP contribution < -0.4 is 19.5 Å². The van der Waals surface area contributed by atoms with Gasteiger partial charge in [-0.15, -0.1) is 10.2 Å². The van der Waals surface area contributed by atoms with E-state index in [4.69, 9.17) is 14.2 Å². The van der Waals surface area contributed by atoms with Crippen molar-refractivity contribution < 1.29 is 19.0 Å². The van der Waals surface area contributed by atoms with E-state index in [1.807, 2.05) is 37.3 Å². The Hall–Kier alpha value is -3.90. The Balaban J connectivity index is 1.61. The highest BCUT2D eigenvalue weighted by Crippen LogP contribution is 2.29. The van der Waals surface area contributed by atoms with Crippen molar-refractivity contribution in [2.45, 2.75) is 27.2 Å². The number of nitrogens with one attached hydrogen (secondary N) is 1. The number of nitrogens with zero attached hydrogens (tertiary/aromatic N) is 3. The predicted octanol–water partition coefficient (Wildman–Crippen LogP) is 5.06. The van der Waals surface area contributed by atoms with Gasteiger partial charge in [0.05, 0.1) is 7.11 Å². The van der Waals surface area contributed by atoms with Gasteiger partial charge < -0.3 is 14.2 Å². The van der Waals surface area contributed by atoms with E-state index < -0.39 is 5.91 Å². The zero-order valence-electron chi connectivity index (χ0n) is 20.2. The Kier molecular flexibility index (Phi) is 9.21. The van der Waals surface area contributed by atoms with Crippen molar-refractivity contribution >= 4 is 28.5 Å². The van der Waals surface area contributed by atoms with Gasteiger partial charge in [0.1, 0.15) is 35.6 Å². The molecule has 35 heavy (non-hydrogen) atoms. The SMILES string of the molecule is COc1cc(/C=C(/C#N)C(=O)Nc2nnc(CC(C)C)s2)ccc1OCCOc1cccc(C)c1. The molecule has 0 saturated carbocycles. The summed E-state index contributed by atoms with van der Waals surface area (Å²) in [7, 11) is 1.53. The quantitative estimate of drug-likeness (QED) is 0.227. The molecule has 0 fully saturated rings. The summed E-state index contributed by atoms with van der Waals surface area (Å²) in [6.45, 7) is 6.87.